The van der Waals surface area contributed by atoms with Gasteiger partial charge in [0.2, 0.25) is 0 Å². The summed E-state index contributed by atoms with van der Waals surface area (Å²) in [5, 5.41) is 13.8. The molecule has 0 bridgehead atoms. The maximum Gasteiger partial charge on any atom is 0.264 e. The zero-order chi connectivity index (χ0) is 13.9. The summed E-state index contributed by atoms with van der Waals surface area (Å²) >= 11 is 0. The number of likely N-dealkylation sites (tertiary alicyclic amines) is 1. The summed E-state index contributed by atoms with van der Waals surface area (Å²) < 4.78 is 0. The van der Waals surface area contributed by atoms with E-state index in [2.05, 4.69) is 30.3 Å². The molecule has 0 amide bonds. The van der Waals surface area contributed by atoms with Crippen molar-refractivity contribution in [3.05, 3.63) is 39.8 Å². The molecule has 1 aliphatic rings. The van der Waals surface area contributed by atoms with Gasteiger partial charge in [-0.05, 0) is 25.5 Å². The zero-order valence-electron chi connectivity index (χ0n) is 11.5. The van der Waals surface area contributed by atoms with E-state index in [1.165, 1.54) is 6.07 Å². The van der Waals surface area contributed by atoms with Crippen LogP contribution in [0.4, 0.5) is 0 Å². The first-order valence-corrected chi connectivity index (χ1v) is 6.96. The van der Waals surface area contributed by atoms with Crippen LogP contribution < -0.4 is 5.56 Å². The van der Waals surface area contributed by atoms with Crippen molar-refractivity contribution < 1.29 is 0 Å². The summed E-state index contributed by atoms with van der Waals surface area (Å²) in [4.78, 5) is 17.9. The summed E-state index contributed by atoms with van der Waals surface area (Å²) in [6.07, 6.45) is 3.01. The lowest BCUT2D eigenvalue weighted by Crippen LogP contribution is -2.25. The topological polar surface area (TPSA) is 90.6 Å². The van der Waals surface area contributed by atoms with Crippen LogP contribution in [0.1, 0.15) is 43.1 Å². The Hall–Kier alpha value is -2.02. The molecule has 20 heavy (non-hydrogen) atoms. The van der Waals surface area contributed by atoms with E-state index >= 15 is 0 Å². The quantitative estimate of drug-likeness (QED) is 0.860. The lowest BCUT2D eigenvalue weighted by molar-refractivity contribution is 0.237. The molecule has 0 saturated carbocycles. The maximum absolute atomic E-state index is 11.1. The van der Waals surface area contributed by atoms with Gasteiger partial charge in [0.05, 0.1) is 18.3 Å². The zero-order valence-corrected chi connectivity index (χ0v) is 11.5. The second-order valence-corrected chi connectivity index (χ2v) is 5.03. The van der Waals surface area contributed by atoms with Crippen LogP contribution in [0, 0.1) is 0 Å². The maximum atomic E-state index is 11.1. The van der Waals surface area contributed by atoms with Crippen LogP contribution in [0.3, 0.4) is 0 Å². The largest absolute Gasteiger partial charge is 0.287 e. The van der Waals surface area contributed by atoms with Gasteiger partial charge in [0.15, 0.2) is 0 Å². The van der Waals surface area contributed by atoms with E-state index in [1.54, 1.807) is 6.07 Å². The van der Waals surface area contributed by atoms with Crippen LogP contribution in [0.25, 0.3) is 0 Å². The van der Waals surface area contributed by atoms with Crippen molar-refractivity contribution >= 4 is 0 Å². The molecular weight excluding hydrogens is 256 g/mol. The van der Waals surface area contributed by atoms with Crippen LogP contribution in [0.15, 0.2) is 16.9 Å². The molecular formula is C13H18N6O. The SMILES string of the molecule is CCc1n[nH]c(CN2CCCC2c2ccc(=O)[nH]n2)n1. The van der Waals surface area contributed by atoms with Gasteiger partial charge < -0.3 is 0 Å². The molecule has 1 fully saturated rings. The third-order valence-corrected chi connectivity index (χ3v) is 3.65. The average molecular weight is 274 g/mol. The number of nitrogens with one attached hydrogen (secondary N) is 2. The Morgan fingerprint density at radius 1 is 1.35 bits per heavy atom. The molecule has 0 spiro atoms. The highest BCUT2D eigenvalue weighted by Crippen LogP contribution is 2.30. The summed E-state index contributed by atoms with van der Waals surface area (Å²) in [6, 6.07) is 3.57. The molecule has 2 aromatic heterocycles. The molecule has 2 N–H and O–H groups in total. The number of H-pyrrole nitrogens is 2. The first kappa shape index (κ1) is 13.0. The van der Waals surface area contributed by atoms with Crippen molar-refractivity contribution in [3.8, 4) is 0 Å². The van der Waals surface area contributed by atoms with E-state index < -0.39 is 0 Å². The number of nitrogens with zero attached hydrogens (tertiary/aromatic N) is 4. The van der Waals surface area contributed by atoms with Gasteiger partial charge in [-0.15, -0.1) is 0 Å². The Morgan fingerprint density at radius 3 is 2.95 bits per heavy atom. The van der Waals surface area contributed by atoms with Gasteiger partial charge >= 0.3 is 0 Å². The third kappa shape index (κ3) is 2.62. The summed E-state index contributed by atoms with van der Waals surface area (Å²) in [5.74, 6) is 1.73. The van der Waals surface area contributed by atoms with E-state index in [0.717, 1.165) is 49.7 Å². The van der Waals surface area contributed by atoms with Crippen LogP contribution in [-0.2, 0) is 13.0 Å². The van der Waals surface area contributed by atoms with Gasteiger partial charge in [-0.3, -0.25) is 14.8 Å². The molecule has 7 nitrogen and oxygen atoms in total. The first-order chi connectivity index (χ1) is 9.76. The molecule has 2 aromatic rings. The normalized spacial score (nSPS) is 19.6. The Bertz CT molecular complexity index is 613. The molecule has 7 heteroatoms. The highest BCUT2D eigenvalue weighted by atomic mass is 16.1. The second kappa shape index (κ2) is 5.54. The Balaban J connectivity index is 1.75. The molecule has 1 saturated heterocycles. The number of hydrogen-bond acceptors (Lipinski definition) is 5. The van der Waals surface area contributed by atoms with Gasteiger partial charge in [0.25, 0.3) is 5.56 Å². The lowest BCUT2D eigenvalue weighted by atomic mass is 10.1. The number of aromatic nitrogens is 5. The summed E-state index contributed by atoms with van der Waals surface area (Å²) in [6.45, 7) is 3.78. The number of hydrogen-bond donors (Lipinski definition) is 2. The van der Waals surface area contributed by atoms with E-state index in [4.69, 9.17) is 0 Å². The highest BCUT2D eigenvalue weighted by Gasteiger charge is 2.28. The number of aromatic amines is 2. The minimum Gasteiger partial charge on any atom is -0.287 e. The van der Waals surface area contributed by atoms with Gasteiger partial charge in [-0.1, -0.05) is 6.92 Å². The Morgan fingerprint density at radius 2 is 2.25 bits per heavy atom. The van der Waals surface area contributed by atoms with Crippen molar-refractivity contribution in [3.63, 3.8) is 0 Å². The van der Waals surface area contributed by atoms with Crippen molar-refractivity contribution in [1.82, 2.24) is 30.3 Å². The molecule has 1 aliphatic heterocycles. The van der Waals surface area contributed by atoms with Gasteiger partial charge in [-0.2, -0.15) is 10.2 Å². The highest BCUT2D eigenvalue weighted by molar-refractivity contribution is 5.08. The molecule has 0 aromatic carbocycles. The summed E-state index contributed by atoms with van der Waals surface area (Å²) in [5.41, 5.74) is 0.749. The fourth-order valence-corrected chi connectivity index (χ4v) is 2.65. The van der Waals surface area contributed by atoms with E-state index in [-0.39, 0.29) is 11.6 Å². The number of aryl methyl sites for hydroxylation is 1. The van der Waals surface area contributed by atoms with Gasteiger partial charge in [0.1, 0.15) is 11.6 Å². The minimum atomic E-state index is -0.166. The van der Waals surface area contributed by atoms with Crippen LogP contribution >= 0.6 is 0 Å². The predicted molar refractivity (Wildman–Crippen MR) is 73.0 cm³/mol. The van der Waals surface area contributed by atoms with Gasteiger partial charge in [0, 0.05) is 12.5 Å². The molecule has 106 valence electrons. The van der Waals surface area contributed by atoms with Crippen molar-refractivity contribution in [2.75, 3.05) is 6.54 Å². The molecule has 1 unspecified atom stereocenters. The summed E-state index contributed by atoms with van der Waals surface area (Å²) in [7, 11) is 0. The fourth-order valence-electron chi connectivity index (χ4n) is 2.65. The van der Waals surface area contributed by atoms with Crippen molar-refractivity contribution in [1.29, 1.82) is 0 Å². The van der Waals surface area contributed by atoms with Crippen molar-refractivity contribution in [2.24, 2.45) is 0 Å². The smallest absolute Gasteiger partial charge is 0.264 e. The molecule has 3 heterocycles. The second-order valence-electron chi connectivity index (χ2n) is 5.03. The Kier molecular flexibility index (Phi) is 3.60. The van der Waals surface area contributed by atoms with Crippen LogP contribution in [0.2, 0.25) is 0 Å². The van der Waals surface area contributed by atoms with E-state index in [9.17, 15) is 4.79 Å². The monoisotopic (exact) mass is 274 g/mol. The molecule has 3 rings (SSSR count). The minimum absolute atomic E-state index is 0.166. The standard InChI is InChI=1S/C13H18N6O/c1-2-11-14-12(17-16-11)8-19-7-3-4-10(19)9-5-6-13(20)18-15-9/h5-6,10H,2-4,7-8H2,1H3,(H,18,20)(H,14,16,17). The molecule has 0 aliphatic carbocycles. The molecule has 0 radical (unpaired) electrons. The van der Waals surface area contributed by atoms with Crippen LogP contribution in [0.5, 0.6) is 0 Å². The van der Waals surface area contributed by atoms with Crippen LogP contribution in [-0.4, -0.2) is 36.8 Å². The third-order valence-electron chi connectivity index (χ3n) is 3.65. The molecule has 1 atom stereocenters. The lowest BCUT2D eigenvalue weighted by Gasteiger charge is -2.22. The van der Waals surface area contributed by atoms with Crippen molar-refractivity contribution in [2.45, 2.75) is 38.8 Å². The number of rotatable bonds is 4. The van der Waals surface area contributed by atoms with Gasteiger partial charge in [-0.25, -0.2) is 10.1 Å². The Labute approximate surface area is 116 Å². The average Bonchev–Trinajstić information content (AvgIpc) is 3.09. The predicted octanol–water partition coefficient (Wildman–Crippen LogP) is 0.787. The fraction of sp³-hybridized carbons (Fsp3) is 0.538. The van der Waals surface area contributed by atoms with E-state index in [0.29, 0.717) is 0 Å². The first-order valence-electron chi connectivity index (χ1n) is 6.96. The van der Waals surface area contributed by atoms with E-state index in [1.807, 2.05) is 6.92 Å².